The van der Waals surface area contributed by atoms with Gasteiger partial charge in [-0.05, 0) is 49.4 Å². The summed E-state index contributed by atoms with van der Waals surface area (Å²) in [6, 6.07) is 11.6. The predicted molar refractivity (Wildman–Crippen MR) is 96.1 cm³/mol. The van der Waals surface area contributed by atoms with E-state index in [1.165, 1.54) is 20.3 Å². The molecule has 1 amide bonds. The first kappa shape index (κ1) is 19.1. The van der Waals surface area contributed by atoms with Gasteiger partial charge in [-0.1, -0.05) is 0 Å². The first-order valence-corrected chi connectivity index (χ1v) is 7.99. The number of amides is 1. The number of esters is 1. The van der Waals surface area contributed by atoms with Crippen molar-refractivity contribution in [1.82, 2.24) is 0 Å². The third kappa shape index (κ3) is 5.14. The number of rotatable bonds is 8. The summed E-state index contributed by atoms with van der Waals surface area (Å²) in [5, 5.41) is 2.64. The van der Waals surface area contributed by atoms with Gasteiger partial charge in [0.2, 0.25) is 0 Å². The number of carbonyl (C=O) groups excluding carboxylic acids is 2. The fourth-order valence-electron chi connectivity index (χ4n) is 2.18. The molecule has 0 radical (unpaired) electrons. The van der Waals surface area contributed by atoms with E-state index >= 15 is 0 Å². The fourth-order valence-corrected chi connectivity index (χ4v) is 2.18. The average molecular weight is 359 g/mol. The van der Waals surface area contributed by atoms with Crippen LogP contribution >= 0.6 is 0 Å². The Hall–Kier alpha value is -3.22. The molecule has 0 aromatic heterocycles. The molecule has 26 heavy (non-hydrogen) atoms. The SMILES string of the molecule is CCOc1ccc(NC(=O)COC(=O)c2cc(OC)ccc2OC)cc1. The Morgan fingerprint density at radius 3 is 2.27 bits per heavy atom. The average Bonchev–Trinajstić information content (AvgIpc) is 2.67. The lowest BCUT2D eigenvalue weighted by Gasteiger charge is -2.11. The lowest BCUT2D eigenvalue weighted by Crippen LogP contribution is -2.21. The molecule has 7 heteroatoms. The quantitative estimate of drug-likeness (QED) is 0.730. The highest BCUT2D eigenvalue weighted by molar-refractivity contribution is 5.97. The van der Waals surface area contributed by atoms with E-state index in [0.29, 0.717) is 29.5 Å². The second kappa shape index (κ2) is 9.31. The van der Waals surface area contributed by atoms with Crippen LogP contribution in [0.4, 0.5) is 5.69 Å². The third-order valence-electron chi connectivity index (χ3n) is 3.41. The van der Waals surface area contributed by atoms with Crippen molar-refractivity contribution in [2.24, 2.45) is 0 Å². The first-order valence-electron chi connectivity index (χ1n) is 7.99. The zero-order valence-electron chi connectivity index (χ0n) is 14.9. The minimum absolute atomic E-state index is 0.181. The summed E-state index contributed by atoms with van der Waals surface area (Å²) in [4.78, 5) is 24.2. The Labute approximate surface area is 151 Å². The van der Waals surface area contributed by atoms with E-state index in [1.807, 2.05) is 6.92 Å². The van der Waals surface area contributed by atoms with Crippen LogP contribution in [0.2, 0.25) is 0 Å². The summed E-state index contributed by atoms with van der Waals surface area (Å²) in [7, 11) is 2.93. The Bertz CT molecular complexity index is 757. The van der Waals surface area contributed by atoms with Gasteiger partial charge < -0.3 is 24.3 Å². The maximum Gasteiger partial charge on any atom is 0.342 e. The van der Waals surface area contributed by atoms with Gasteiger partial charge in [0.25, 0.3) is 5.91 Å². The Balaban J connectivity index is 1.93. The van der Waals surface area contributed by atoms with Crippen LogP contribution < -0.4 is 19.5 Å². The molecule has 2 rings (SSSR count). The highest BCUT2D eigenvalue weighted by atomic mass is 16.5. The lowest BCUT2D eigenvalue weighted by atomic mass is 10.2. The number of benzene rings is 2. The summed E-state index contributed by atoms with van der Waals surface area (Å²) in [5.41, 5.74) is 0.759. The Kier molecular flexibility index (Phi) is 6.84. The van der Waals surface area contributed by atoms with Gasteiger partial charge in [-0.3, -0.25) is 4.79 Å². The summed E-state index contributed by atoms with van der Waals surface area (Å²) >= 11 is 0. The number of nitrogens with one attached hydrogen (secondary N) is 1. The van der Waals surface area contributed by atoms with Crippen molar-refractivity contribution in [2.75, 3.05) is 32.8 Å². The summed E-state index contributed by atoms with van der Waals surface area (Å²) in [5.74, 6) is 0.397. The second-order valence-electron chi connectivity index (χ2n) is 5.15. The first-order chi connectivity index (χ1) is 12.6. The van der Waals surface area contributed by atoms with Gasteiger partial charge in [-0.15, -0.1) is 0 Å². The van der Waals surface area contributed by atoms with Crippen molar-refractivity contribution in [3.63, 3.8) is 0 Å². The van der Waals surface area contributed by atoms with Crippen molar-refractivity contribution in [3.8, 4) is 17.2 Å². The molecule has 0 saturated heterocycles. The maximum atomic E-state index is 12.2. The number of anilines is 1. The summed E-state index contributed by atoms with van der Waals surface area (Å²) < 4.78 is 20.6. The zero-order chi connectivity index (χ0) is 18.9. The second-order valence-corrected chi connectivity index (χ2v) is 5.15. The molecule has 138 valence electrons. The van der Waals surface area contributed by atoms with Crippen molar-refractivity contribution >= 4 is 17.6 Å². The largest absolute Gasteiger partial charge is 0.497 e. The number of hydrogen-bond acceptors (Lipinski definition) is 6. The van der Waals surface area contributed by atoms with E-state index < -0.39 is 18.5 Å². The molecule has 0 bridgehead atoms. The summed E-state index contributed by atoms with van der Waals surface area (Å²) in [6.07, 6.45) is 0. The van der Waals surface area contributed by atoms with Crippen molar-refractivity contribution in [1.29, 1.82) is 0 Å². The molecule has 0 heterocycles. The number of carbonyl (C=O) groups is 2. The molecule has 0 unspecified atom stereocenters. The van der Waals surface area contributed by atoms with E-state index in [-0.39, 0.29) is 5.56 Å². The molecular weight excluding hydrogens is 338 g/mol. The molecule has 1 N–H and O–H groups in total. The molecule has 0 fully saturated rings. The van der Waals surface area contributed by atoms with Crippen molar-refractivity contribution < 1.29 is 28.5 Å². The lowest BCUT2D eigenvalue weighted by molar-refractivity contribution is -0.119. The van der Waals surface area contributed by atoms with E-state index in [1.54, 1.807) is 36.4 Å². The number of hydrogen-bond donors (Lipinski definition) is 1. The standard InChI is InChI=1S/C19H21NO6/c1-4-25-14-7-5-13(6-8-14)20-18(21)12-26-19(22)16-11-15(23-2)9-10-17(16)24-3/h5-11H,4,12H2,1-3H3,(H,20,21). The van der Waals surface area contributed by atoms with Crippen molar-refractivity contribution in [2.45, 2.75) is 6.92 Å². The van der Waals surface area contributed by atoms with Gasteiger partial charge in [-0.2, -0.15) is 0 Å². The fraction of sp³-hybridized carbons (Fsp3) is 0.263. The number of methoxy groups -OCH3 is 2. The van der Waals surface area contributed by atoms with Crippen LogP contribution in [0.15, 0.2) is 42.5 Å². The Morgan fingerprint density at radius 1 is 0.962 bits per heavy atom. The predicted octanol–water partition coefficient (Wildman–Crippen LogP) is 2.90. The molecule has 0 aliphatic heterocycles. The van der Waals surface area contributed by atoms with Gasteiger partial charge in [0.1, 0.15) is 22.8 Å². The molecule has 2 aromatic carbocycles. The van der Waals surface area contributed by atoms with Crippen LogP contribution in [0.25, 0.3) is 0 Å². The smallest absolute Gasteiger partial charge is 0.342 e. The monoisotopic (exact) mass is 359 g/mol. The van der Waals surface area contributed by atoms with Gasteiger partial charge in [-0.25, -0.2) is 4.79 Å². The van der Waals surface area contributed by atoms with Crippen LogP contribution in [0.1, 0.15) is 17.3 Å². The van der Waals surface area contributed by atoms with Crippen LogP contribution in [0, 0.1) is 0 Å². The molecule has 0 aliphatic carbocycles. The minimum Gasteiger partial charge on any atom is -0.497 e. The normalized spacial score (nSPS) is 9.96. The summed E-state index contributed by atoms with van der Waals surface area (Å²) in [6.45, 7) is 2.03. The van der Waals surface area contributed by atoms with E-state index in [2.05, 4.69) is 5.32 Å². The minimum atomic E-state index is -0.678. The van der Waals surface area contributed by atoms with Gasteiger partial charge in [0.05, 0.1) is 20.8 Å². The van der Waals surface area contributed by atoms with Crippen LogP contribution in [0.3, 0.4) is 0 Å². The van der Waals surface area contributed by atoms with E-state index in [0.717, 1.165) is 0 Å². The topological polar surface area (TPSA) is 83.1 Å². The molecular formula is C19H21NO6. The molecule has 7 nitrogen and oxygen atoms in total. The zero-order valence-corrected chi connectivity index (χ0v) is 14.9. The van der Waals surface area contributed by atoms with E-state index in [4.69, 9.17) is 18.9 Å². The highest BCUT2D eigenvalue weighted by Crippen LogP contribution is 2.24. The molecule has 2 aromatic rings. The molecule has 0 spiro atoms. The van der Waals surface area contributed by atoms with Crippen LogP contribution in [-0.2, 0) is 9.53 Å². The third-order valence-corrected chi connectivity index (χ3v) is 3.41. The Morgan fingerprint density at radius 2 is 1.65 bits per heavy atom. The number of ether oxygens (including phenoxy) is 4. The molecule has 0 saturated carbocycles. The van der Waals surface area contributed by atoms with Gasteiger partial charge in [0.15, 0.2) is 6.61 Å². The van der Waals surface area contributed by atoms with Gasteiger partial charge in [0, 0.05) is 5.69 Å². The van der Waals surface area contributed by atoms with E-state index in [9.17, 15) is 9.59 Å². The van der Waals surface area contributed by atoms with Gasteiger partial charge >= 0.3 is 5.97 Å². The highest BCUT2D eigenvalue weighted by Gasteiger charge is 2.16. The van der Waals surface area contributed by atoms with Crippen LogP contribution in [-0.4, -0.2) is 39.3 Å². The van der Waals surface area contributed by atoms with Crippen LogP contribution in [0.5, 0.6) is 17.2 Å². The van der Waals surface area contributed by atoms with Crippen molar-refractivity contribution in [3.05, 3.63) is 48.0 Å². The molecule has 0 aliphatic rings. The maximum absolute atomic E-state index is 12.2. The molecule has 0 atom stereocenters.